The molecule has 120 valence electrons. The number of hydrogen-bond acceptors (Lipinski definition) is 5. The molecule has 0 aliphatic heterocycles. The van der Waals surface area contributed by atoms with Crippen LogP contribution in [0.5, 0.6) is 0 Å². The lowest BCUT2D eigenvalue weighted by atomic mass is 9.92. The predicted molar refractivity (Wildman–Crippen MR) is 89.5 cm³/mol. The number of hydrogen-bond donors (Lipinski definition) is 1. The Morgan fingerprint density at radius 2 is 2.18 bits per heavy atom. The summed E-state index contributed by atoms with van der Waals surface area (Å²) in [4.78, 5) is 15.0. The van der Waals surface area contributed by atoms with E-state index in [1.807, 2.05) is 44.9 Å². The topological polar surface area (TPSA) is 58.4 Å². The molecule has 0 fully saturated rings. The molecular formula is C15H20ClN3O2S. The molecule has 0 radical (unpaired) electrons. The van der Waals surface area contributed by atoms with Gasteiger partial charge in [0.25, 0.3) is 0 Å². The molecule has 0 unspecified atom stereocenters. The van der Waals surface area contributed by atoms with Crippen LogP contribution in [0, 0.1) is 0 Å². The summed E-state index contributed by atoms with van der Waals surface area (Å²) in [7, 11) is 1.88. The van der Waals surface area contributed by atoms with Gasteiger partial charge < -0.3 is 4.52 Å². The second-order valence-electron chi connectivity index (χ2n) is 6.25. The van der Waals surface area contributed by atoms with Crippen molar-refractivity contribution in [2.24, 2.45) is 0 Å². The third-order valence-electron chi connectivity index (χ3n) is 3.01. The van der Waals surface area contributed by atoms with Crippen molar-refractivity contribution in [3.8, 4) is 0 Å². The van der Waals surface area contributed by atoms with Gasteiger partial charge in [0.1, 0.15) is 0 Å². The number of anilines is 1. The van der Waals surface area contributed by atoms with Crippen LogP contribution in [0.1, 0.15) is 31.3 Å². The van der Waals surface area contributed by atoms with Crippen LogP contribution in [-0.4, -0.2) is 29.6 Å². The van der Waals surface area contributed by atoms with E-state index in [2.05, 4.69) is 10.5 Å². The van der Waals surface area contributed by atoms with Gasteiger partial charge in [0.15, 0.2) is 0 Å². The van der Waals surface area contributed by atoms with E-state index in [1.165, 1.54) is 11.3 Å². The zero-order valence-electron chi connectivity index (χ0n) is 13.1. The van der Waals surface area contributed by atoms with Crippen molar-refractivity contribution in [2.45, 2.75) is 32.7 Å². The van der Waals surface area contributed by atoms with Crippen molar-refractivity contribution in [2.75, 3.05) is 18.9 Å². The van der Waals surface area contributed by atoms with Crippen LogP contribution in [0.3, 0.4) is 0 Å². The quantitative estimate of drug-likeness (QED) is 0.899. The van der Waals surface area contributed by atoms with Crippen LogP contribution in [0.2, 0.25) is 4.34 Å². The number of thiophene rings is 1. The lowest BCUT2D eigenvalue weighted by molar-refractivity contribution is -0.117. The molecule has 0 atom stereocenters. The Kier molecular flexibility index (Phi) is 5.26. The summed E-state index contributed by atoms with van der Waals surface area (Å²) in [6.45, 7) is 7.05. The van der Waals surface area contributed by atoms with Gasteiger partial charge in [-0.15, -0.1) is 11.3 Å². The van der Waals surface area contributed by atoms with Gasteiger partial charge in [0, 0.05) is 22.9 Å². The zero-order chi connectivity index (χ0) is 16.3. The van der Waals surface area contributed by atoms with Crippen molar-refractivity contribution < 1.29 is 9.32 Å². The highest BCUT2D eigenvalue weighted by Gasteiger charge is 2.20. The minimum absolute atomic E-state index is 0.109. The molecule has 0 aliphatic rings. The maximum atomic E-state index is 12.0. The number of amides is 1. The summed E-state index contributed by atoms with van der Waals surface area (Å²) in [6.07, 6.45) is 0. The van der Waals surface area contributed by atoms with Gasteiger partial charge in [0.2, 0.25) is 11.8 Å². The fourth-order valence-corrected chi connectivity index (χ4v) is 3.04. The van der Waals surface area contributed by atoms with E-state index < -0.39 is 0 Å². The fraction of sp³-hybridized carbons (Fsp3) is 0.467. The molecule has 0 aromatic carbocycles. The molecule has 0 bridgehead atoms. The summed E-state index contributed by atoms with van der Waals surface area (Å²) < 4.78 is 5.90. The monoisotopic (exact) mass is 341 g/mol. The highest BCUT2D eigenvalue weighted by atomic mass is 35.5. The van der Waals surface area contributed by atoms with E-state index >= 15 is 0 Å². The molecule has 2 aromatic heterocycles. The fourth-order valence-electron chi connectivity index (χ4n) is 1.87. The Hall–Kier alpha value is -1.37. The predicted octanol–water partition coefficient (Wildman–Crippen LogP) is 3.76. The van der Waals surface area contributed by atoms with Crippen LogP contribution in [0.4, 0.5) is 5.88 Å². The lowest BCUT2D eigenvalue weighted by Crippen LogP contribution is -2.29. The molecule has 0 spiro atoms. The molecule has 2 rings (SSSR count). The first-order valence-electron chi connectivity index (χ1n) is 6.94. The van der Waals surface area contributed by atoms with E-state index in [0.717, 1.165) is 14.9 Å². The average Bonchev–Trinajstić information content (AvgIpc) is 2.97. The minimum atomic E-state index is -0.137. The summed E-state index contributed by atoms with van der Waals surface area (Å²) in [5.41, 5.74) is 0.700. The zero-order valence-corrected chi connectivity index (χ0v) is 14.7. The Morgan fingerprint density at radius 3 is 2.73 bits per heavy atom. The highest BCUT2D eigenvalue weighted by molar-refractivity contribution is 7.16. The van der Waals surface area contributed by atoms with Gasteiger partial charge in [-0.05, 0) is 19.2 Å². The van der Waals surface area contributed by atoms with Gasteiger partial charge in [-0.1, -0.05) is 37.5 Å². The first-order valence-corrected chi connectivity index (χ1v) is 8.13. The largest absolute Gasteiger partial charge is 0.338 e. The average molecular weight is 342 g/mol. The number of aromatic nitrogens is 1. The number of carbonyl (C=O) groups excluding carboxylic acids is 1. The smallest absolute Gasteiger partial charge is 0.240 e. The van der Waals surface area contributed by atoms with Gasteiger partial charge in [-0.3, -0.25) is 15.0 Å². The first-order chi connectivity index (χ1) is 10.2. The van der Waals surface area contributed by atoms with Crippen LogP contribution < -0.4 is 5.32 Å². The van der Waals surface area contributed by atoms with Crippen LogP contribution in [0.25, 0.3) is 0 Å². The molecule has 22 heavy (non-hydrogen) atoms. The standard InChI is InChI=1S/C15H20ClN3O2S/c1-15(2,3)11-7-14(21-18-11)17-13(20)9-19(4)8-10-5-6-12(16)22-10/h5-7H,8-9H2,1-4H3,(H,17,20). The lowest BCUT2D eigenvalue weighted by Gasteiger charge is -2.14. The highest BCUT2D eigenvalue weighted by Crippen LogP contribution is 2.24. The molecule has 2 heterocycles. The van der Waals surface area contributed by atoms with Crippen molar-refractivity contribution in [3.63, 3.8) is 0 Å². The number of carbonyl (C=O) groups is 1. The van der Waals surface area contributed by atoms with Crippen LogP contribution in [-0.2, 0) is 16.8 Å². The molecule has 7 heteroatoms. The molecular weight excluding hydrogens is 322 g/mol. The number of nitrogens with one attached hydrogen (secondary N) is 1. The maximum absolute atomic E-state index is 12.0. The summed E-state index contributed by atoms with van der Waals surface area (Å²) in [6, 6.07) is 5.59. The van der Waals surface area contributed by atoms with Crippen molar-refractivity contribution in [1.29, 1.82) is 0 Å². The number of rotatable bonds is 5. The molecule has 2 aromatic rings. The van der Waals surface area contributed by atoms with E-state index in [1.54, 1.807) is 6.07 Å². The molecule has 0 saturated heterocycles. The maximum Gasteiger partial charge on any atom is 0.240 e. The molecule has 0 aliphatic carbocycles. The van der Waals surface area contributed by atoms with Crippen molar-refractivity contribution in [3.05, 3.63) is 33.1 Å². The van der Waals surface area contributed by atoms with E-state index in [4.69, 9.17) is 16.1 Å². The van der Waals surface area contributed by atoms with Gasteiger partial charge >= 0.3 is 0 Å². The number of nitrogens with zero attached hydrogens (tertiary/aromatic N) is 2. The van der Waals surface area contributed by atoms with Crippen molar-refractivity contribution in [1.82, 2.24) is 10.1 Å². The van der Waals surface area contributed by atoms with Crippen molar-refractivity contribution >= 4 is 34.7 Å². The minimum Gasteiger partial charge on any atom is -0.338 e. The third-order valence-corrected chi connectivity index (χ3v) is 4.23. The normalized spacial score (nSPS) is 11.9. The summed E-state index contributed by atoms with van der Waals surface area (Å²) in [5, 5.41) is 6.70. The molecule has 5 nitrogen and oxygen atoms in total. The number of likely N-dealkylation sites (N-methyl/N-ethyl adjacent to an activating group) is 1. The Morgan fingerprint density at radius 1 is 1.45 bits per heavy atom. The van der Waals surface area contributed by atoms with Gasteiger partial charge in [-0.25, -0.2) is 0 Å². The first kappa shape index (κ1) is 17.0. The summed E-state index contributed by atoms with van der Waals surface area (Å²) >= 11 is 7.41. The van der Waals surface area contributed by atoms with E-state index in [0.29, 0.717) is 12.4 Å². The number of halogens is 1. The van der Waals surface area contributed by atoms with Crippen LogP contribution >= 0.6 is 22.9 Å². The molecule has 1 amide bonds. The Balaban J connectivity index is 1.86. The second-order valence-corrected chi connectivity index (χ2v) is 8.05. The summed E-state index contributed by atoms with van der Waals surface area (Å²) in [5.74, 6) is 0.240. The van der Waals surface area contributed by atoms with Crippen LogP contribution in [0.15, 0.2) is 22.7 Å². The molecule has 1 N–H and O–H groups in total. The molecule has 0 saturated carbocycles. The second kappa shape index (κ2) is 6.81. The Bertz CT molecular complexity index is 645. The van der Waals surface area contributed by atoms with E-state index in [-0.39, 0.29) is 17.9 Å². The van der Waals surface area contributed by atoms with E-state index in [9.17, 15) is 4.79 Å². The van der Waals surface area contributed by atoms with Gasteiger partial charge in [0.05, 0.1) is 16.6 Å². The van der Waals surface area contributed by atoms with Gasteiger partial charge in [-0.2, -0.15) is 0 Å². The SMILES string of the molecule is CN(CC(=O)Nc1cc(C(C)(C)C)no1)Cc1ccc(Cl)s1. The third kappa shape index (κ3) is 4.83. The Labute approximate surface area is 139 Å².